The van der Waals surface area contributed by atoms with Gasteiger partial charge in [-0.2, -0.15) is 4.98 Å². The van der Waals surface area contributed by atoms with E-state index in [0.717, 1.165) is 11.3 Å². The number of nitrogens with one attached hydrogen (secondary N) is 1. The number of nitro benzene ring substituents is 1. The molecule has 0 saturated heterocycles. The fraction of sp³-hybridized carbons (Fsp3) is 0.0870. The predicted octanol–water partition coefficient (Wildman–Crippen LogP) is 5.49. The summed E-state index contributed by atoms with van der Waals surface area (Å²) in [4.78, 5) is 15.0. The smallest absolute Gasteiger partial charge is 0.269 e. The van der Waals surface area contributed by atoms with E-state index in [1.165, 1.54) is 23.9 Å². The van der Waals surface area contributed by atoms with Gasteiger partial charge < -0.3 is 14.5 Å². The summed E-state index contributed by atoms with van der Waals surface area (Å²) in [7, 11) is 0. The van der Waals surface area contributed by atoms with Crippen molar-refractivity contribution in [3.63, 3.8) is 0 Å². The highest BCUT2D eigenvalue weighted by Gasteiger charge is 2.28. The van der Waals surface area contributed by atoms with Crippen molar-refractivity contribution in [2.75, 3.05) is 11.1 Å². The molecule has 3 heterocycles. The molecule has 2 aromatic heterocycles. The maximum absolute atomic E-state index is 10.9. The van der Waals surface area contributed by atoms with Gasteiger partial charge in [-0.3, -0.25) is 10.1 Å². The highest BCUT2D eigenvalue weighted by molar-refractivity contribution is 7.99. The summed E-state index contributed by atoms with van der Waals surface area (Å²) in [6.45, 7) is 3.72. The van der Waals surface area contributed by atoms with Crippen LogP contribution >= 0.6 is 11.8 Å². The van der Waals surface area contributed by atoms with Crippen LogP contribution in [0.1, 0.15) is 12.0 Å². The van der Waals surface area contributed by atoms with Crippen LogP contribution < -0.4 is 10.1 Å². The number of ether oxygens (including phenoxy) is 1. The monoisotopic (exact) mass is 459 g/mol. The summed E-state index contributed by atoms with van der Waals surface area (Å²) in [6.07, 6.45) is 1.09. The number of nitrogens with zero attached hydrogens (tertiary/aromatic N) is 4. The van der Waals surface area contributed by atoms with Crippen molar-refractivity contribution in [1.82, 2.24) is 15.2 Å². The first-order chi connectivity index (χ1) is 16.1. The van der Waals surface area contributed by atoms with Gasteiger partial charge in [0, 0.05) is 34.7 Å². The van der Waals surface area contributed by atoms with Gasteiger partial charge in [-0.25, -0.2) is 0 Å². The summed E-state index contributed by atoms with van der Waals surface area (Å²) in [5.74, 6) is 2.07. The third-order valence-corrected chi connectivity index (χ3v) is 5.75. The van der Waals surface area contributed by atoms with Gasteiger partial charge in [0.05, 0.1) is 4.92 Å². The number of hydrogen-bond acceptors (Lipinski definition) is 9. The molecular formula is C23H17N5O4S. The molecule has 0 aliphatic carbocycles. The highest BCUT2D eigenvalue weighted by Crippen LogP contribution is 2.40. The summed E-state index contributed by atoms with van der Waals surface area (Å²) in [6, 6.07) is 17.4. The first-order valence-electron chi connectivity index (χ1n) is 9.98. The fourth-order valence-electron chi connectivity index (χ4n) is 3.37. The summed E-state index contributed by atoms with van der Waals surface area (Å²) in [5, 5.41) is 23.3. The molecule has 1 N–H and O–H groups in total. The van der Waals surface area contributed by atoms with E-state index in [9.17, 15) is 10.1 Å². The third kappa shape index (κ3) is 4.15. The van der Waals surface area contributed by atoms with E-state index < -0.39 is 11.2 Å². The Morgan fingerprint density at radius 1 is 1.12 bits per heavy atom. The normalized spacial score (nSPS) is 14.2. The minimum Gasteiger partial charge on any atom is -0.455 e. The van der Waals surface area contributed by atoms with Crippen molar-refractivity contribution in [2.45, 2.75) is 11.4 Å². The molecule has 0 fully saturated rings. The summed E-state index contributed by atoms with van der Waals surface area (Å²) >= 11 is 1.41. The van der Waals surface area contributed by atoms with Gasteiger partial charge in [0.2, 0.25) is 17.3 Å². The van der Waals surface area contributed by atoms with E-state index in [-0.39, 0.29) is 5.69 Å². The van der Waals surface area contributed by atoms with Crippen LogP contribution in [0.5, 0.6) is 5.88 Å². The maximum Gasteiger partial charge on any atom is 0.269 e. The number of anilines is 1. The Bertz CT molecular complexity index is 1340. The summed E-state index contributed by atoms with van der Waals surface area (Å²) < 4.78 is 12.2. The molecule has 0 amide bonds. The molecule has 1 aliphatic rings. The number of thioether (sulfide) groups is 1. The second kappa shape index (κ2) is 8.75. The van der Waals surface area contributed by atoms with Gasteiger partial charge in [0.15, 0.2) is 11.5 Å². The van der Waals surface area contributed by atoms with Crippen LogP contribution in [0.2, 0.25) is 0 Å². The van der Waals surface area contributed by atoms with Crippen molar-refractivity contribution in [1.29, 1.82) is 0 Å². The second-order valence-electron chi connectivity index (χ2n) is 7.04. The lowest BCUT2D eigenvalue weighted by Crippen LogP contribution is -2.16. The third-order valence-electron chi connectivity index (χ3n) is 4.91. The van der Waals surface area contributed by atoms with Gasteiger partial charge >= 0.3 is 0 Å². The number of benzene rings is 2. The maximum atomic E-state index is 10.9. The molecule has 0 spiro atoms. The van der Waals surface area contributed by atoms with E-state index >= 15 is 0 Å². The van der Waals surface area contributed by atoms with E-state index in [1.807, 2.05) is 24.3 Å². The molecule has 1 unspecified atom stereocenters. The number of non-ortho nitro benzene ring substituents is 1. The molecule has 1 aliphatic heterocycles. The number of para-hydroxylation sites is 1. The van der Waals surface area contributed by atoms with Gasteiger partial charge in [-0.05, 0) is 30.3 Å². The van der Waals surface area contributed by atoms with Crippen LogP contribution in [0.3, 0.4) is 0 Å². The standard InChI is InChI=1S/C23H17N5O4S/c1-2-13-33-23-25-22-20(26-27-23)16-5-3-4-6-17(16)24-21(32-22)19-12-11-18(31-19)14-7-9-15(10-8-14)28(29)30/h2-12,21,24H,1,13H2. The number of fused-ring (bicyclic) bond motifs is 3. The Balaban J connectivity index is 1.50. The molecule has 0 radical (unpaired) electrons. The Kier molecular flexibility index (Phi) is 5.49. The predicted molar refractivity (Wildman–Crippen MR) is 124 cm³/mol. The lowest BCUT2D eigenvalue weighted by Gasteiger charge is -2.16. The molecule has 164 valence electrons. The Hall–Kier alpha value is -4.18. The van der Waals surface area contributed by atoms with Gasteiger partial charge in [-0.15, -0.1) is 16.8 Å². The average Bonchev–Trinajstić information content (AvgIpc) is 3.27. The molecule has 33 heavy (non-hydrogen) atoms. The van der Waals surface area contributed by atoms with Crippen LogP contribution in [0, 0.1) is 10.1 Å². The first-order valence-corrected chi connectivity index (χ1v) is 11.0. The largest absolute Gasteiger partial charge is 0.455 e. The van der Waals surface area contributed by atoms with Crippen molar-refractivity contribution < 1.29 is 14.1 Å². The van der Waals surface area contributed by atoms with Gasteiger partial charge in [0.25, 0.3) is 5.69 Å². The molecule has 4 aromatic rings. The van der Waals surface area contributed by atoms with Crippen molar-refractivity contribution in [2.24, 2.45) is 0 Å². The molecule has 1 atom stereocenters. The Labute approximate surface area is 192 Å². The molecule has 0 bridgehead atoms. The van der Waals surface area contributed by atoms with Crippen molar-refractivity contribution >= 4 is 23.1 Å². The number of hydrogen-bond donors (Lipinski definition) is 1. The fourth-order valence-corrected chi connectivity index (χ4v) is 3.88. The van der Waals surface area contributed by atoms with E-state index in [2.05, 4.69) is 27.1 Å². The molecular weight excluding hydrogens is 442 g/mol. The minimum atomic E-state index is -0.673. The Morgan fingerprint density at radius 3 is 2.73 bits per heavy atom. The summed E-state index contributed by atoms with van der Waals surface area (Å²) in [5.41, 5.74) is 2.89. The first kappa shape index (κ1) is 20.7. The second-order valence-corrected chi connectivity index (χ2v) is 8.03. The van der Waals surface area contributed by atoms with Crippen LogP contribution in [0.4, 0.5) is 11.4 Å². The zero-order valence-electron chi connectivity index (χ0n) is 17.2. The number of rotatable bonds is 6. The molecule has 2 aromatic carbocycles. The quantitative estimate of drug-likeness (QED) is 0.173. The van der Waals surface area contributed by atoms with E-state index in [4.69, 9.17) is 9.15 Å². The SMILES string of the molecule is C=CCSc1nnc2c(n1)OC(c1ccc(-c3ccc([N+](=O)[O-])cc3)o1)Nc1ccccc1-2. The van der Waals surface area contributed by atoms with Gasteiger partial charge in [0.1, 0.15) is 5.76 Å². The Morgan fingerprint density at radius 2 is 1.94 bits per heavy atom. The van der Waals surface area contributed by atoms with Gasteiger partial charge in [-0.1, -0.05) is 36.0 Å². The lowest BCUT2D eigenvalue weighted by molar-refractivity contribution is -0.384. The topological polar surface area (TPSA) is 116 Å². The number of furan rings is 1. The number of aromatic nitrogens is 3. The van der Waals surface area contributed by atoms with E-state index in [0.29, 0.717) is 39.6 Å². The average molecular weight is 459 g/mol. The lowest BCUT2D eigenvalue weighted by atomic mass is 10.1. The van der Waals surface area contributed by atoms with Crippen LogP contribution in [-0.2, 0) is 0 Å². The van der Waals surface area contributed by atoms with Crippen LogP contribution in [-0.4, -0.2) is 25.9 Å². The van der Waals surface area contributed by atoms with Crippen molar-refractivity contribution in [3.05, 3.63) is 89.2 Å². The zero-order valence-corrected chi connectivity index (χ0v) is 18.0. The molecule has 9 nitrogen and oxygen atoms in total. The highest BCUT2D eigenvalue weighted by atomic mass is 32.2. The molecule has 0 saturated carbocycles. The zero-order chi connectivity index (χ0) is 22.8. The van der Waals surface area contributed by atoms with Crippen molar-refractivity contribution in [3.8, 4) is 28.5 Å². The molecule has 5 rings (SSSR count). The van der Waals surface area contributed by atoms with Crippen LogP contribution in [0.15, 0.2) is 82.9 Å². The minimum absolute atomic E-state index is 0.0184. The van der Waals surface area contributed by atoms with E-state index in [1.54, 1.807) is 30.3 Å². The number of nitro groups is 1. The van der Waals surface area contributed by atoms with Crippen LogP contribution in [0.25, 0.3) is 22.6 Å². The molecule has 10 heteroatoms.